The Balaban J connectivity index is 2.45. The van der Waals surface area contributed by atoms with Gasteiger partial charge in [-0.25, -0.2) is 0 Å². The lowest BCUT2D eigenvalue weighted by atomic mass is 9.92. The first-order chi connectivity index (χ1) is 5.27. The second kappa shape index (κ2) is 3.67. The zero-order chi connectivity index (χ0) is 8.27. The lowest BCUT2D eigenvalue weighted by Gasteiger charge is -2.36. The Kier molecular flexibility index (Phi) is 2.83. The number of nitrogens with zero attached hydrogens (tertiary/aromatic N) is 2. The molecular formula is C9H16N2. The van der Waals surface area contributed by atoms with Crippen molar-refractivity contribution in [1.29, 1.82) is 0 Å². The highest BCUT2D eigenvalue weighted by atomic mass is 15.2. The minimum Gasteiger partial charge on any atom is -0.305 e. The number of likely N-dealkylation sites (tertiary alicyclic amines) is 1. The monoisotopic (exact) mass is 152 g/mol. The average molecular weight is 152 g/mol. The topological polar surface area (TPSA) is 15.6 Å². The van der Waals surface area contributed by atoms with Gasteiger partial charge in [0.1, 0.15) is 0 Å². The van der Waals surface area contributed by atoms with Gasteiger partial charge >= 0.3 is 0 Å². The second-order valence-electron chi connectivity index (χ2n) is 3.09. The first-order valence-electron chi connectivity index (χ1n) is 4.04. The standard InChI is InChI=1S/C9H16N2/c1-4-8(5-10-2)9-6-11(3)7-9/h4-5,9H,6-7H2,1-3H3. The van der Waals surface area contributed by atoms with Crippen LogP contribution in [-0.2, 0) is 0 Å². The Morgan fingerprint density at radius 3 is 2.55 bits per heavy atom. The summed E-state index contributed by atoms with van der Waals surface area (Å²) in [6.45, 7) is 4.45. The van der Waals surface area contributed by atoms with Crippen molar-refractivity contribution in [3.63, 3.8) is 0 Å². The predicted octanol–water partition coefficient (Wildman–Crippen LogP) is 1.19. The molecule has 1 heterocycles. The molecule has 0 bridgehead atoms. The largest absolute Gasteiger partial charge is 0.305 e. The second-order valence-corrected chi connectivity index (χ2v) is 3.09. The van der Waals surface area contributed by atoms with Gasteiger partial charge in [0.25, 0.3) is 0 Å². The van der Waals surface area contributed by atoms with Crippen LogP contribution in [0.3, 0.4) is 0 Å². The van der Waals surface area contributed by atoms with Crippen LogP contribution in [0.1, 0.15) is 6.92 Å². The highest BCUT2D eigenvalue weighted by Gasteiger charge is 2.24. The van der Waals surface area contributed by atoms with E-state index >= 15 is 0 Å². The molecule has 0 saturated carbocycles. The minimum atomic E-state index is 0.730. The Morgan fingerprint density at radius 2 is 2.18 bits per heavy atom. The fourth-order valence-electron chi connectivity index (χ4n) is 1.47. The molecule has 62 valence electrons. The lowest BCUT2D eigenvalue weighted by Crippen LogP contribution is -2.44. The number of rotatable bonds is 2. The van der Waals surface area contributed by atoms with Crippen molar-refractivity contribution in [1.82, 2.24) is 4.90 Å². The number of allylic oxidation sites excluding steroid dienone is 1. The smallest absolute Gasteiger partial charge is 0.0277 e. The van der Waals surface area contributed by atoms with Crippen LogP contribution >= 0.6 is 0 Å². The van der Waals surface area contributed by atoms with Crippen LogP contribution in [0.4, 0.5) is 0 Å². The van der Waals surface area contributed by atoms with Crippen LogP contribution in [0.2, 0.25) is 0 Å². The SMILES string of the molecule is CC=C(C=NC)C1CN(C)C1. The summed E-state index contributed by atoms with van der Waals surface area (Å²) in [7, 11) is 3.97. The summed E-state index contributed by atoms with van der Waals surface area (Å²) in [5.41, 5.74) is 1.38. The molecule has 0 aromatic heterocycles. The molecule has 2 nitrogen and oxygen atoms in total. The number of hydrogen-bond donors (Lipinski definition) is 0. The van der Waals surface area contributed by atoms with Crippen molar-refractivity contribution in [2.45, 2.75) is 6.92 Å². The third-order valence-corrected chi connectivity index (χ3v) is 2.15. The molecule has 1 aliphatic rings. The summed E-state index contributed by atoms with van der Waals surface area (Å²) in [6.07, 6.45) is 4.13. The highest BCUT2D eigenvalue weighted by Crippen LogP contribution is 2.20. The van der Waals surface area contributed by atoms with Crippen molar-refractivity contribution in [2.75, 3.05) is 27.2 Å². The van der Waals surface area contributed by atoms with Crippen LogP contribution in [0.5, 0.6) is 0 Å². The lowest BCUT2D eigenvalue weighted by molar-refractivity contribution is 0.166. The molecule has 0 aromatic carbocycles. The normalized spacial score (nSPS) is 22.6. The first kappa shape index (κ1) is 8.47. The first-order valence-corrected chi connectivity index (χ1v) is 4.04. The van der Waals surface area contributed by atoms with Gasteiger partial charge < -0.3 is 4.90 Å². The summed E-state index contributed by atoms with van der Waals surface area (Å²) in [6, 6.07) is 0. The van der Waals surface area contributed by atoms with E-state index in [1.165, 1.54) is 18.7 Å². The van der Waals surface area contributed by atoms with Gasteiger partial charge in [0.05, 0.1) is 0 Å². The van der Waals surface area contributed by atoms with E-state index in [2.05, 4.69) is 29.9 Å². The molecule has 1 aliphatic heterocycles. The van der Waals surface area contributed by atoms with Crippen molar-refractivity contribution >= 4 is 6.21 Å². The van der Waals surface area contributed by atoms with Gasteiger partial charge in [0.15, 0.2) is 0 Å². The van der Waals surface area contributed by atoms with E-state index in [1.807, 2.05) is 13.3 Å². The van der Waals surface area contributed by atoms with Gasteiger partial charge in [0, 0.05) is 32.3 Å². The molecule has 0 atom stereocenters. The van der Waals surface area contributed by atoms with Crippen molar-refractivity contribution in [2.24, 2.45) is 10.9 Å². The molecule has 1 saturated heterocycles. The van der Waals surface area contributed by atoms with E-state index < -0.39 is 0 Å². The van der Waals surface area contributed by atoms with E-state index in [4.69, 9.17) is 0 Å². The molecule has 0 radical (unpaired) electrons. The summed E-state index contributed by atoms with van der Waals surface area (Å²) in [5.74, 6) is 0.730. The van der Waals surface area contributed by atoms with Crippen molar-refractivity contribution < 1.29 is 0 Å². The van der Waals surface area contributed by atoms with E-state index in [-0.39, 0.29) is 0 Å². The summed E-state index contributed by atoms with van der Waals surface area (Å²) >= 11 is 0. The summed E-state index contributed by atoms with van der Waals surface area (Å²) in [4.78, 5) is 6.34. The molecular weight excluding hydrogens is 136 g/mol. The van der Waals surface area contributed by atoms with Gasteiger partial charge in [-0.3, -0.25) is 4.99 Å². The van der Waals surface area contributed by atoms with Gasteiger partial charge in [-0.15, -0.1) is 0 Å². The van der Waals surface area contributed by atoms with Gasteiger partial charge in [-0.05, 0) is 19.5 Å². The van der Waals surface area contributed by atoms with Gasteiger partial charge in [0.2, 0.25) is 0 Å². The number of hydrogen-bond acceptors (Lipinski definition) is 2. The van der Waals surface area contributed by atoms with E-state index in [9.17, 15) is 0 Å². The van der Waals surface area contributed by atoms with Gasteiger partial charge in [-0.1, -0.05) is 6.08 Å². The van der Waals surface area contributed by atoms with Gasteiger partial charge in [-0.2, -0.15) is 0 Å². The zero-order valence-corrected chi connectivity index (χ0v) is 7.54. The van der Waals surface area contributed by atoms with Crippen LogP contribution < -0.4 is 0 Å². The molecule has 0 aliphatic carbocycles. The quantitative estimate of drug-likeness (QED) is 0.543. The molecule has 0 spiro atoms. The fourth-order valence-corrected chi connectivity index (χ4v) is 1.47. The average Bonchev–Trinajstić information content (AvgIpc) is 1.95. The van der Waals surface area contributed by atoms with Crippen LogP contribution in [-0.4, -0.2) is 38.3 Å². The Morgan fingerprint density at radius 1 is 1.55 bits per heavy atom. The Hall–Kier alpha value is -0.630. The predicted molar refractivity (Wildman–Crippen MR) is 49.2 cm³/mol. The van der Waals surface area contributed by atoms with E-state index in [0.29, 0.717) is 0 Å². The third-order valence-electron chi connectivity index (χ3n) is 2.15. The molecule has 11 heavy (non-hydrogen) atoms. The Labute approximate surface area is 68.6 Å². The maximum atomic E-state index is 4.02. The number of aliphatic imine (C=N–C) groups is 1. The van der Waals surface area contributed by atoms with E-state index in [1.54, 1.807) is 0 Å². The fraction of sp³-hybridized carbons (Fsp3) is 0.667. The van der Waals surface area contributed by atoms with Crippen LogP contribution in [0.15, 0.2) is 16.6 Å². The molecule has 0 aromatic rings. The summed E-state index contributed by atoms with van der Waals surface area (Å²) < 4.78 is 0. The third kappa shape index (κ3) is 1.90. The van der Waals surface area contributed by atoms with Crippen molar-refractivity contribution in [3.05, 3.63) is 11.6 Å². The Bertz CT molecular complexity index is 176. The molecule has 0 unspecified atom stereocenters. The zero-order valence-electron chi connectivity index (χ0n) is 7.54. The molecule has 0 N–H and O–H groups in total. The van der Waals surface area contributed by atoms with Crippen LogP contribution in [0, 0.1) is 5.92 Å². The van der Waals surface area contributed by atoms with Crippen LogP contribution in [0.25, 0.3) is 0 Å². The summed E-state index contributed by atoms with van der Waals surface area (Å²) in [5, 5.41) is 0. The molecule has 1 fully saturated rings. The maximum absolute atomic E-state index is 4.02. The minimum absolute atomic E-state index is 0.730. The van der Waals surface area contributed by atoms with E-state index in [0.717, 1.165) is 5.92 Å². The maximum Gasteiger partial charge on any atom is 0.0277 e. The highest BCUT2D eigenvalue weighted by molar-refractivity contribution is 5.79. The molecule has 0 amide bonds. The molecule has 1 rings (SSSR count). The van der Waals surface area contributed by atoms with Crippen molar-refractivity contribution in [3.8, 4) is 0 Å². The molecule has 2 heteroatoms.